The summed E-state index contributed by atoms with van der Waals surface area (Å²) in [6.45, 7) is 4.20. The average molecular weight is 340 g/mol. The third-order valence-electron chi connectivity index (χ3n) is 4.15. The quantitative estimate of drug-likeness (QED) is 0.451. The number of hydrogen-bond donors (Lipinski definition) is 0. The Morgan fingerprint density at radius 2 is 1.16 bits per heavy atom. The second-order valence-corrected chi connectivity index (χ2v) is 5.94. The molecule has 0 aliphatic heterocycles. The van der Waals surface area contributed by atoms with E-state index >= 15 is 0 Å². The fourth-order valence-electron chi connectivity index (χ4n) is 2.98. The molecule has 0 spiro atoms. The lowest BCUT2D eigenvalue weighted by Crippen LogP contribution is -2.07. The summed E-state index contributed by atoms with van der Waals surface area (Å²) in [5.74, 6) is 1.76. The maximum Gasteiger partial charge on any atom is 0.135 e. The summed E-state index contributed by atoms with van der Waals surface area (Å²) in [5.41, 5.74) is 1.18. The van der Waals surface area contributed by atoms with Crippen molar-refractivity contribution in [2.24, 2.45) is 0 Å². The Morgan fingerprint density at radius 3 is 1.72 bits per heavy atom. The number of fused-ring (bicyclic) bond motifs is 2. The van der Waals surface area contributed by atoms with Gasteiger partial charge >= 0.3 is 0 Å². The van der Waals surface area contributed by atoms with Crippen LogP contribution < -0.4 is 9.47 Å². The van der Waals surface area contributed by atoms with E-state index in [1.807, 2.05) is 12.1 Å². The first-order chi connectivity index (χ1) is 12.3. The van der Waals surface area contributed by atoms with E-state index in [2.05, 4.69) is 37.3 Å². The molecule has 3 aromatic carbocycles. The normalized spacial score (nSPS) is 11.2. The minimum atomic E-state index is 0.507. The lowest BCUT2D eigenvalue weighted by Gasteiger charge is -2.18. The van der Waals surface area contributed by atoms with E-state index in [9.17, 15) is 0 Å². The Hall–Kier alpha value is -2.30. The highest BCUT2D eigenvalue weighted by molar-refractivity contribution is 6.11. The summed E-state index contributed by atoms with van der Waals surface area (Å²) in [5, 5.41) is 4.20. The summed E-state index contributed by atoms with van der Waals surface area (Å²) in [7, 11) is 3.35. The Labute approximate surface area is 148 Å². The van der Waals surface area contributed by atoms with E-state index in [4.69, 9.17) is 18.9 Å². The van der Waals surface area contributed by atoms with E-state index in [-0.39, 0.29) is 0 Å². The van der Waals surface area contributed by atoms with Gasteiger partial charge in [-0.3, -0.25) is 0 Å². The zero-order chi connectivity index (χ0) is 17.6. The first-order valence-corrected chi connectivity index (χ1v) is 8.44. The third kappa shape index (κ3) is 3.70. The first-order valence-electron chi connectivity index (χ1n) is 8.44. The number of methoxy groups -OCH3 is 2. The number of rotatable bonds is 8. The van der Waals surface area contributed by atoms with Crippen LogP contribution in [0.4, 0.5) is 0 Å². The SMILES string of the molecule is COCCOc1c2ccccc2c(OCCOC)c2cc(C)ccc12. The molecule has 0 aromatic heterocycles. The van der Waals surface area contributed by atoms with Gasteiger partial charge in [0.25, 0.3) is 0 Å². The summed E-state index contributed by atoms with van der Waals surface area (Å²) in [6, 6.07) is 14.5. The fourth-order valence-corrected chi connectivity index (χ4v) is 2.98. The predicted octanol–water partition coefficient (Wildman–Crippen LogP) is 4.35. The molecular formula is C21H24O4. The molecule has 0 unspecified atom stereocenters. The molecule has 0 N–H and O–H groups in total. The van der Waals surface area contributed by atoms with Crippen molar-refractivity contribution < 1.29 is 18.9 Å². The molecule has 0 saturated heterocycles. The monoisotopic (exact) mass is 340 g/mol. The van der Waals surface area contributed by atoms with Crippen LogP contribution in [-0.2, 0) is 9.47 Å². The van der Waals surface area contributed by atoms with E-state index in [0.29, 0.717) is 26.4 Å². The molecule has 4 heteroatoms. The van der Waals surface area contributed by atoms with Crippen molar-refractivity contribution in [1.29, 1.82) is 0 Å². The van der Waals surface area contributed by atoms with Gasteiger partial charge in [0.05, 0.1) is 13.2 Å². The molecule has 0 aliphatic carbocycles. The van der Waals surface area contributed by atoms with Crippen molar-refractivity contribution in [3.05, 3.63) is 48.0 Å². The van der Waals surface area contributed by atoms with E-state index in [0.717, 1.165) is 33.0 Å². The van der Waals surface area contributed by atoms with Gasteiger partial charge in [-0.15, -0.1) is 0 Å². The summed E-state index contributed by atoms with van der Waals surface area (Å²) in [6.07, 6.45) is 0. The first kappa shape index (κ1) is 17.5. The molecule has 0 radical (unpaired) electrons. The number of aryl methyl sites for hydroxylation is 1. The zero-order valence-corrected chi connectivity index (χ0v) is 15.0. The lowest BCUT2D eigenvalue weighted by molar-refractivity contribution is 0.147. The minimum absolute atomic E-state index is 0.507. The molecule has 0 fully saturated rings. The maximum absolute atomic E-state index is 6.10. The van der Waals surface area contributed by atoms with Crippen molar-refractivity contribution in [3.63, 3.8) is 0 Å². The van der Waals surface area contributed by atoms with Gasteiger partial charge in [0.1, 0.15) is 24.7 Å². The smallest absolute Gasteiger partial charge is 0.135 e. The van der Waals surface area contributed by atoms with Gasteiger partial charge in [-0.05, 0) is 13.0 Å². The van der Waals surface area contributed by atoms with Crippen LogP contribution in [0.25, 0.3) is 21.5 Å². The van der Waals surface area contributed by atoms with E-state index < -0.39 is 0 Å². The van der Waals surface area contributed by atoms with Crippen LogP contribution in [0, 0.1) is 6.92 Å². The Morgan fingerprint density at radius 1 is 0.640 bits per heavy atom. The molecule has 132 valence electrons. The van der Waals surface area contributed by atoms with Crippen LogP contribution in [-0.4, -0.2) is 40.6 Å². The highest BCUT2D eigenvalue weighted by Crippen LogP contribution is 2.43. The van der Waals surface area contributed by atoms with Crippen LogP contribution in [0.15, 0.2) is 42.5 Å². The molecule has 0 bridgehead atoms. The van der Waals surface area contributed by atoms with Crippen molar-refractivity contribution in [1.82, 2.24) is 0 Å². The molecule has 25 heavy (non-hydrogen) atoms. The van der Waals surface area contributed by atoms with Crippen LogP contribution in [0.5, 0.6) is 11.5 Å². The molecule has 4 nitrogen and oxygen atoms in total. The van der Waals surface area contributed by atoms with Gasteiger partial charge in [0, 0.05) is 35.8 Å². The van der Waals surface area contributed by atoms with E-state index in [1.54, 1.807) is 14.2 Å². The molecule has 3 rings (SSSR count). The van der Waals surface area contributed by atoms with Crippen LogP contribution in [0.3, 0.4) is 0 Å². The van der Waals surface area contributed by atoms with Crippen LogP contribution in [0.1, 0.15) is 5.56 Å². The van der Waals surface area contributed by atoms with Crippen molar-refractivity contribution in [2.75, 3.05) is 40.6 Å². The van der Waals surface area contributed by atoms with Crippen molar-refractivity contribution in [3.8, 4) is 11.5 Å². The number of hydrogen-bond acceptors (Lipinski definition) is 4. The van der Waals surface area contributed by atoms with Gasteiger partial charge < -0.3 is 18.9 Å². The lowest BCUT2D eigenvalue weighted by atomic mass is 9.99. The highest BCUT2D eigenvalue weighted by atomic mass is 16.5. The van der Waals surface area contributed by atoms with Gasteiger partial charge in [-0.2, -0.15) is 0 Å². The molecule has 0 aliphatic rings. The van der Waals surface area contributed by atoms with E-state index in [1.165, 1.54) is 5.56 Å². The number of benzene rings is 3. The second kappa shape index (κ2) is 8.19. The molecule has 0 amide bonds. The van der Waals surface area contributed by atoms with Crippen molar-refractivity contribution >= 4 is 21.5 Å². The third-order valence-corrected chi connectivity index (χ3v) is 4.15. The fraction of sp³-hybridized carbons (Fsp3) is 0.333. The summed E-state index contributed by atoms with van der Waals surface area (Å²) >= 11 is 0. The number of ether oxygens (including phenoxy) is 4. The molecule has 3 aromatic rings. The standard InChI is InChI=1S/C21H24O4/c1-15-8-9-18-19(14-15)21(25-13-11-23-3)17-7-5-4-6-16(17)20(18)24-12-10-22-2/h4-9,14H,10-13H2,1-3H3. The molecule has 0 heterocycles. The predicted molar refractivity (Wildman–Crippen MR) is 101 cm³/mol. The molecular weight excluding hydrogens is 316 g/mol. The van der Waals surface area contributed by atoms with Gasteiger partial charge in [-0.1, -0.05) is 42.0 Å². The molecule has 0 atom stereocenters. The second-order valence-electron chi connectivity index (χ2n) is 5.94. The van der Waals surface area contributed by atoms with Gasteiger partial charge in [0.15, 0.2) is 0 Å². The Bertz CT molecular complexity index is 857. The maximum atomic E-state index is 6.10. The summed E-state index contributed by atoms with van der Waals surface area (Å²) < 4.78 is 22.5. The Balaban J connectivity index is 2.21. The zero-order valence-electron chi connectivity index (χ0n) is 15.0. The summed E-state index contributed by atoms with van der Waals surface area (Å²) in [4.78, 5) is 0. The van der Waals surface area contributed by atoms with Crippen LogP contribution >= 0.6 is 0 Å². The largest absolute Gasteiger partial charge is 0.490 e. The average Bonchev–Trinajstić information content (AvgIpc) is 2.63. The van der Waals surface area contributed by atoms with Crippen LogP contribution in [0.2, 0.25) is 0 Å². The van der Waals surface area contributed by atoms with Gasteiger partial charge in [0.2, 0.25) is 0 Å². The van der Waals surface area contributed by atoms with Gasteiger partial charge in [-0.25, -0.2) is 0 Å². The topological polar surface area (TPSA) is 36.9 Å². The Kier molecular flexibility index (Phi) is 5.74. The molecule has 0 saturated carbocycles. The van der Waals surface area contributed by atoms with Crippen molar-refractivity contribution in [2.45, 2.75) is 6.92 Å². The highest BCUT2D eigenvalue weighted by Gasteiger charge is 2.16. The minimum Gasteiger partial charge on any atom is -0.490 e.